The lowest BCUT2D eigenvalue weighted by atomic mass is 10.4. The highest BCUT2D eigenvalue weighted by Crippen LogP contribution is 1.96. The molecular weight excluding hydrogens is 237 g/mol. The average Bonchev–Trinajstić information content (AvgIpc) is 1.64. The van der Waals surface area contributed by atoms with Gasteiger partial charge in [-0.05, 0) is 12.3 Å². The van der Waals surface area contributed by atoms with Gasteiger partial charge in [0.25, 0.3) is 0 Å². The number of hydrogen-bond donors (Lipinski definition) is 0. The number of quaternary nitrogens is 1. The van der Waals surface area contributed by atoms with Crippen LogP contribution >= 0.6 is 0 Å². The molecule has 0 saturated heterocycles. The zero-order valence-electron chi connectivity index (χ0n) is 7.02. The molecule has 0 atom stereocenters. The molecule has 0 aliphatic carbocycles. The molecule has 1 nitrogen and oxygen atoms in total. The van der Waals surface area contributed by atoms with Crippen LogP contribution in [-0.4, -0.2) is 31.7 Å². The minimum atomic E-state index is 0. The fourth-order valence-electron chi connectivity index (χ4n) is 0.932. The molecule has 0 rings (SSSR count). The summed E-state index contributed by atoms with van der Waals surface area (Å²) in [4.78, 5) is 0. The standard InChI is InChI=1S/C8H16N.HI/c1-5-7-9(3,4)8-6-2;/h1H,6-8H2,2-4H3;1H/q+1;/p-1. The van der Waals surface area contributed by atoms with Gasteiger partial charge in [0.15, 0.2) is 0 Å². The molecule has 0 amide bonds. The molecule has 0 unspecified atom stereocenters. The SMILES string of the molecule is C#CC[N+](C)(C)CCC.[I-]. The topological polar surface area (TPSA) is 0 Å². The van der Waals surface area contributed by atoms with E-state index in [0.717, 1.165) is 11.0 Å². The molecule has 0 heterocycles. The van der Waals surface area contributed by atoms with Gasteiger partial charge < -0.3 is 28.5 Å². The summed E-state index contributed by atoms with van der Waals surface area (Å²) in [6.45, 7) is 4.19. The first-order valence-corrected chi connectivity index (χ1v) is 3.38. The Morgan fingerprint density at radius 3 is 2.20 bits per heavy atom. The van der Waals surface area contributed by atoms with Gasteiger partial charge in [-0.1, -0.05) is 6.92 Å². The second-order valence-corrected chi connectivity index (χ2v) is 3.02. The van der Waals surface area contributed by atoms with Gasteiger partial charge in [0.2, 0.25) is 0 Å². The van der Waals surface area contributed by atoms with Crippen molar-refractivity contribution in [3.8, 4) is 12.3 Å². The number of nitrogens with zero attached hydrogens (tertiary/aromatic N) is 1. The van der Waals surface area contributed by atoms with Gasteiger partial charge >= 0.3 is 0 Å². The molecule has 0 N–H and O–H groups in total. The van der Waals surface area contributed by atoms with Crippen LogP contribution in [0.4, 0.5) is 0 Å². The van der Waals surface area contributed by atoms with Crippen molar-refractivity contribution < 1.29 is 28.5 Å². The molecule has 2 heteroatoms. The van der Waals surface area contributed by atoms with Crippen molar-refractivity contribution in [3.63, 3.8) is 0 Å². The molecular formula is C8H16IN. The Morgan fingerprint density at radius 1 is 1.40 bits per heavy atom. The normalized spacial score (nSPS) is 9.80. The summed E-state index contributed by atoms with van der Waals surface area (Å²) in [5.41, 5.74) is 0. The molecule has 0 aromatic rings. The van der Waals surface area contributed by atoms with Gasteiger partial charge in [-0.15, -0.1) is 6.42 Å². The summed E-state index contributed by atoms with van der Waals surface area (Å²) in [5, 5.41) is 0. The first-order valence-electron chi connectivity index (χ1n) is 3.38. The third-order valence-corrected chi connectivity index (χ3v) is 1.35. The first-order chi connectivity index (χ1) is 4.12. The van der Waals surface area contributed by atoms with Crippen LogP contribution in [0.2, 0.25) is 0 Å². The van der Waals surface area contributed by atoms with Gasteiger partial charge in [0.05, 0.1) is 20.6 Å². The van der Waals surface area contributed by atoms with Crippen molar-refractivity contribution in [2.75, 3.05) is 27.2 Å². The summed E-state index contributed by atoms with van der Waals surface area (Å²) < 4.78 is 0.951. The maximum absolute atomic E-state index is 5.18. The molecule has 0 fully saturated rings. The first kappa shape index (κ1) is 12.9. The highest BCUT2D eigenvalue weighted by Gasteiger charge is 2.09. The fraction of sp³-hybridized carbons (Fsp3) is 0.750. The Morgan fingerprint density at radius 2 is 1.90 bits per heavy atom. The minimum absolute atomic E-state index is 0. The molecule has 0 aliphatic rings. The van der Waals surface area contributed by atoms with Crippen molar-refractivity contribution in [2.24, 2.45) is 0 Å². The van der Waals surface area contributed by atoms with E-state index in [9.17, 15) is 0 Å². The van der Waals surface area contributed by atoms with Crippen LogP contribution in [0.3, 0.4) is 0 Å². The molecule has 0 radical (unpaired) electrons. The average molecular weight is 253 g/mol. The Bertz CT molecular complexity index is 113. The van der Waals surface area contributed by atoms with Crippen molar-refractivity contribution >= 4 is 0 Å². The van der Waals surface area contributed by atoms with E-state index in [4.69, 9.17) is 6.42 Å². The van der Waals surface area contributed by atoms with Crippen molar-refractivity contribution in [2.45, 2.75) is 13.3 Å². The Kier molecular flexibility index (Phi) is 7.72. The molecule has 0 aliphatic heterocycles. The smallest absolute Gasteiger partial charge is 0.140 e. The Balaban J connectivity index is 0. The summed E-state index contributed by atoms with van der Waals surface area (Å²) >= 11 is 0. The molecule has 0 bridgehead atoms. The molecule has 0 saturated carbocycles. The van der Waals surface area contributed by atoms with Crippen molar-refractivity contribution in [1.29, 1.82) is 0 Å². The maximum Gasteiger partial charge on any atom is 0.140 e. The summed E-state index contributed by atoms with van der Waals surface area (Å²) in [5.74, 6) is 2.66. The lowest BCUT2D eigenvalue weighted by molar-refractivity contribution is -0.883. The van der Waals surface area contributed by atoms with E-state index in [1.807, 2.05) is 0 Å². The van der Waals surface area contributed by atoms with Crippen molar-refractivity contribution in [3.05, 3.63) is 0 Å². The minimum Gasteiger partial charge on any atom is -1.00 e. The second kappa shape index (κ2) is 5.99. The lowest BCUT2D eigenvalue weighted by Crippen LogP contribution is -3.00. The summed E-state index contributed by atoms with van der Waals surface area (Å²) in [6, 6.07) is 0. The van der Waals surface area contributed by atoms with Gasteiger partial charge in [-0.3, -0.25) is 0 Å². The quantitative estimate of drug-likeness (QED) is 0.313. The number of halogens is 1. The van der Waals surface area contributed by atoms with Gasteiger partial charge in [0.1, 0.15) is 6.54 Å². The molecule has 0 aromatic carbocycles. The molecule has 0 aromatic heterocycles. The van der Waals surface area contributed by atoms with E-state index >= 15 is 0 Å². The third-order valence-electron chi connectivity index (χ3n) is 1.35. The van der Waals surface area contributed by atoms with E-state index in [-0.39, 0.29) is 24.0 Å². The third kappa shape index (κ3) is 6.37. The zero-order chi connectivity index (χ0) is 7.33. The van der Waals surface area contributed by atoms with Crippen LogP contribution in [0, 0.1) is 12.3 Å². The van der Waals surface area contributed by atoms with Crippen LogP contribution in [0.15, 0.2) is 0 Å². The van der Waals surface area contributed by atoms with Crippen molar-refractivity contribution in [1.82, 2.24) is 0 Å². The zero-order valence-corrected chi connectivity index (χ0v) is 9.18. The fourth-order valence-corrected chi connectivity index (χ4v) is 0.932. The largest absolute Gasteiger partial charge is 1.00 e. The van der Waals surface area contributed by atoms with E-state index in [2.05, 4.69) is 26.9 Å². The molecule has 0 spiro atoms. The number of terminal acetylenes is 1. The predicted octanol–water partition coefficient (Wildman–Crippen LogP) is -1.89. The summed E-state index contributed by atoms with van der Waals surface area (Å²) in [6.07, 6.45) is 6.38. The maximum atomic E-state index is 5.18. The molecule has 60 valence electrons. The highest BCUT2D eigenvalue weighted by atomic mass is 127. The van der Waals surface area contributed by atoms with E-state index < -0.39 is 0 Å². The van der Waals surface area contributed by atoms with Crippen LogP contribution in [0.5, 0.6) is 0 Å². The summed E-state index contributed by atoms with van der Waals surface area (Å²) in [7, 11) is 4.31. The van der Waals surface area contributed by atoms with Crippen LogP contribution in [0.1, 0.15) is 13.3 Å². The van der Waals surface area contributed by atoms with Crippen LogP contribution < -0.4 is 24.0 Å². The highest BCUT2D eigenvalue weighted by molar-refractivity contribution is 4.82. The van der Waals surface area contributed by atoms with Crippen LogP contribution in [0.25, 0.3) is 0 Å². The Hall–Kier alpha value is 0.250. The molecule has 10 heavy (non-hydrogen) atoms. The van der Waals surface area contributed by atoms with Crippen LogP contribution in [-0.2, 0) is 0 Å². The van der Waals surface area contributed by atoms with E-state index in [1.165, 1.54) is 13.0 Å². The van der Waals surface area contributed by atoms with Gasteiger partial charge in [-0.2, -0.15) is 0 Å². The van der Waals surface area contributed by atoms with E-state index in [0.29, 0.717) is 0 Å². The lowest BCUT2D eigenvalue weighted by Gasteiger charge is -2.26. The Labute approximate surface area is 81.4 Å². The van der Waals surface area contributed by atoms with Gasteiger partial charge in [-0.25, -0.2) is 0 Å². The number of hydrogen-bond acceptors (Lipinski definition) is 0. The predicted molar refractivity (Wildman–Crippen MR) is 41.0 cm³/mol. The monoisotopic (exact) mass is 253 g/mol. The number of rotatable bonds is 3. The van der Waals surface area contributed by atoms with E-state index in [1.54, 1.807) is 0 Å². The second-order valence-electron chi connectivity index (χ2n) is 3.02. The van der Waals surface area contributed by atoms with Gasteiger partial charge in [0, 0.05) is 0 Å².